The van der Waals surface area contributed by atoms with Crippen molar-refractivity contribution in [1.29, 1.82) is 0 Å². The maximum atomic E-state index is 5.82. The second-order valence-electron chi connectivity index (χ2n) is 7.35. The van der Waals surface area contributed by atoms with Gasteiger partial charge in [-0.25, -0.2) is 4.98 Å². The Hall–Kier alpha value is -2.34. The molecule has 0 bridgehead atoms. The molecule has 4 rings (SSSR count). The molecule has 0 saturated carbocycles. The van der Waals surface area contributed by atoms with Crippen LogP contribution in [0, 0.1) is 6.92 Å². The van der Waals surface area contributed by atoms with Gasteiger partial charge in [0.1, 0.15) is 18.2 Å². The van der Waals surface area contributed by atoms with E-state index in [1.807, 2.05) is 30.3 Å². The number of aromatic nitrogens is 2. The second kappa shape index (κ2) is 8.57. The molecule has 1 aromatic heterocycles. The number of ether oxygens (including phenoxy) is 1. The summed E-state index contributed by atoms with van der Waals surface area (Å²) >= 11 is 0. The molecule has 0 aliphatic carbocycles. The van der Waals surface area contributed by atoms with Crippen molar-refractivity contribution in [3.05, 3.63) is 42.1 Å². The van der Waals surface area contributed by atoms with Crippen LogP contribution in [-0.4, -0.2) is 67.3 Å². The third-order valence-corrected chi connectivity index (χ3v) is 5.33. The predicted molar refractivity (Wildman–Crippen MR) is 109 cm³/mol. The van der Waals surface area contributed by atoms with Crippen LogP contribution in [0.4, 0.5) is 11.8 Å². The summed E-state index contributed by atoms with van der Waals surface area (Å²) in [5, 5.41) is 0. The van der Waals surface area contributed by atoms with Crippen LogP contribution < -0.4 is 14.5 Å². The first kappa shape index (κ1) is 18.0. The van der Waals surface area contributed by atoms with Gasteiger partial charge in [0.05, 0.1) is 0 Å². The van der Waals surface area contributed by atoms with Crippen molar-refractivity contribution >= 4 is 11.8 Å². The molecular formula is C21H29N5O. The number of aryl methyl sites for hydroxylation is 1. The number of para-hydroxylation sites is 1. The zero-order valence-corrected chi connectivity index (χ0v) is 16.2. The zero-order valence-electron chi connectivity index (χ0n) is 16.2. The van der Waals surface area contributed by atoms with Crippen LogP contribution in [0.1, 0.15) is 18.5 Å². The minimum atomic E-state index is 0.726. The van der Waals surface area contributed by atoms with Gasteiger partial charge in [-0.2, -0.15) is 4.98 Å². The highest BCUT2D eigenvalue weighted by atomic mass is 16.5. The lowest BCUT2D eigenvalue weighted by Crippen LogP contribution is -2.48. The lowest BCUT2D eigenvalue weighted by molar-refractivity contribution is 0.200. The van der Waals surface area contributed by atoms with E-state index in [2.05, 4.69) is 27.7 Å². The van der Waals surface area contributed by atoms with Crippen molar-refractivity contribution in [1.82, 2.24) is 14.9 Å². The van der Waals surface area contributed by atoms with E-state index in [0.717, 1.165) is 75.6 Å². The first-order valence-corrected chi connectivity index (χ1v) is 10.0. The minimum Gasteiger partial charge on any atom is -0.492 e. The summed E-state index contributed by atoms with van der Waals surface area (Å²) < 4.78 is 5.82. The van der Waals surface area contributed by atoms with Gasteiger partial charge >= 0.3 is 0 Å². The fourth-order valence-corrected chi connectivity index (χ4v) is 3.77. The number of anilines is 2. The normalized spacial score (nSPS) is 18.1. The molecule has 2 aromatic rings. The van der Waals surface area contributed by atoms with E-state index < -0.39 is 0 Å². The van der Waals surface area contributed by atoms with Gasteiger partial charge in [0.25, 0.3) is 0 Å². The third kappa shape index (κ3) is 4.69. The molecule has 3 heterocycles. The van der Waals surface area contributed by atoms with Crippen LogP contribution in [0.5, 0.6) is 5.75 Å². The molecule has 0 atom stereocenters. The number of nitrogens with zero attached hydrogens (tertiary/aromatic N) is 5. The summed E-state index contributed by atoms with van der Waals surface area (Å²) in [5.74, 6) is 2.92. The highest BCUT2D eigenvalue weighted by molar-refractivity contribution is 5.46. The van der Waals surface area contributed by atoms with Gasteiger partial charge in [-0.05, 0) is 31.9 Å². The Morgan fingerprint density at radius 1 is 0.889 bits per heavy atom. The molecule has 0 amide bonds. The molecule has 144 valence electrons. The zero-order chi connectivity index (χ0) is 18.5. The molecule has 6 heteroatoms. The van der Waals surface area contributed by atoms with Crippen LogP contribution in [0.3, 0.4) is 0 Å². The van der Waals surface area contributed by atoms with Crippen LogP contribution in [0.15, 0.2) is 36.4 Å². The molecule has 2 aliphatic rings. The van der Waals surface area contributed by atoms with E-state index in [1.165, 1.54) is 12.8 Å². The molecule has 0 spiro atoms. The van der Waals surface area contributed by atoms with E-state index >= 15 is 0 Å². The lowest BCUT2D eigenvalue weighted by atomic mass is 10.3. The molecule has 6 nitrogen and oxygen atoms in total. The predicted octanol–water partition coefficient (Wildman–Crippen LogP) is 2.59. The van der Waals surface area contributed by atoms with Crippen molar-refractivity contribution in [3.8, 4) is 5.75 Å². The van der Waals surface area contributed by atoms with Crippen LogP contribution >= 0.6 is 0 Å². The first-order valence-electron chi connectivity index (χ1n) is 10.0. The van der Waals surface area contributed by atoms with E-state index in [9.17, 15) is 0 Å². The van der Waals surface area contributed by atoms with Crippen LogP contribution in [0.2, 0.25) is 0 Å². The Morgan fingerprint density at radius 2 is 1.63 bits per heavy atom. The Labute approximate surface area is 161 Å². The maximum Gasteiger partial charge on any atom is 0.227 e. The molecule has 0 N–H and O–H groups in total. The highest BCUT2D eigenvalue weighted by Gasteiger charge is 2.21. The van der Waals surface area contributed by atoms with Gasteiger partial charge in [-0.15, -0.1) is 0 Å². The van der Waals surface area contributed by atoms with Crippen molar-refractivity contribution < 1.29 is 4.74 Å². The smallest absolute Gasteiger partial charge is 0.227 e. The molecule has 0 unspecified atom stereocenters. The van der Waals surface area contributed by atoms with Crippen LogP contribution in [0.25, 0.3) is 0 Å². The summed E-state index contributed by atoms with van der Waals surface area (Å²) in [6.07, 6.45) is 2.53. The molecule has 2 saturated heterocycles. The number of hydrogen-bond acceptors (Lipinski definition) is 6. The molecule has 2 aliphatic heterocycles. The van der Waals surface area contributed by atoms with E-state index in [1.54, 1.807) is 0 Å². The summed E-state index contributed by atoms with van der Waals surface area (Å²) in [6.45, 7) is 9.96. The quantitative estimate of drug-likeness (QED) is 0.782. The third-order valence-electron chi connectivity index (χ3n) is 5.33. The van der Waals surface area contributed by atoms with Gasteiger partial charge in [0, 0.05) is 57.6 Å². The standard InChI is InChI=1S/C21H29N5O/c1-18-17-20(25-9-5-6-10-25)23-21(22-18)26-13-11-24(12-14-26)15-16-27-19-7-3-2-4-8-19/h2-4,7-8,17H,5-6,9-16H2,1H3. The van der Waals surface area contributed by atoms with Crippen molar-refractivity contribution in [3.63, 3.8) is 0 Å². The van der Waals surface area contributed by atoms with Crippen molar-refractivity contribution in [2.24, 2.45) is 0 Å². The monoisotopic (exact) mass is 367 g/mol. The SMILES string of the molecule is Cc1cc(N2CCCC2)nc(N2CCN(CCOc3ccccc3)CC2)n1. The van der Waals surface area contributed by atoms with Gasteiger partial charge in [0.15, 0.2) is 0 Å². The second-order valence-corrected chi connectivity index (χ2v) is 7.35. The average Bonchev–Trinajstić information content (AvgIpc) is 3.24. The molecule has 1 aromatic carbocycles. The minimum absolute atomic E-state index is 0.726. The fraction of sp³-hybridized carbons (Fsp3) is 0.524. The molecule has 0 radical (unpaired) electrons. The van der Waals surface area contributed by atoms with E-state index in [-0.39, 0.29) is 0 Å². The van der Waals surface area contributed by atoms with Crippen LogP contribution in [-0.2, 0) is 0 Å². The maximum absolute atomic E-state index is 5.82. The molecule has 27 heavy (non-hydrogen) atoms. The van der Waals surface area contributed by atoms with Crippen molar-refractivity contribution in [2.75, 3.05) is 62.2 Å². The number of rotatable bonds is 6. The Balaban J connectivity index is 1.28. The van der Waals surface area contributed by atoms with E-state index in [0.29, 0.717) is 0 Å². The number of piperazine rings is 1. The fourth-order valence-electron chi connectivity index (χ4n) is 3.77. The first-order chi connectivity index (χ1) is 13.3. The molecule has 2 fully saturated rings. The van der Waals surface area contributed by atoms with Crippen molar-refractivity contribution in [2.45, 2.75) is 19.8 Å². The summed E-state index contributed by atoms with van der Waals surface area (Å²) in [6, 6.07) is 12.1. The van der Waals surface area contributed by atoms with Gasteiger partial charge in [0.2, 0.25) is 5.95 Å². The summed E-state index contributed by atoms with van der Waals surface area (Å²) in [5.41, 5.74) is 1.06. The Morgan fingerprint density at radius 3 is 2.37 bits per heavy atom. The topological polar surface area (TPSA) is 44.7 Å². The van der Waals surface area contributed by atoms with Gasteiger partial charge < -0.3 is 14.5 Å². The largest absolute Gasteiger partial charge is 0.492 e. The highest BCUT2D eigenvalue weighted by Crippen LogP contribution is 2.22. The number of benzene rings is 1. The molecular weight excluding hydrogens is 338 g/mol. The van der Waals surface area contributed by atoms with Gasteiger partial charge in [-0.1, -0.05) is 18.2 Å². The number of hydrogen-bond donors (Lipinski definition) is 0. The summed E-state index contributed by atoms with van der Waals surface area (Å²) in [4.78, 5) is 16.7. The summed E-state index contributed by atoms with van der Waals surface area (Å²) in [7, 11) is 0. The Bertz CT molecular complexity index is 725. The Kier molecular flexibility index (Phi) is 5.72. The van der Waals surface area contributed by atoms with E-state index in [4.69, 9.17) is 14.7 Å². The lowest BCUT2D eigenvalue weighted by Gasteiger charge is -2.35. The average molecular weight is 367 g/mol. The van der Waals surface area contributed by atoms with Gasteiger partial charge in [-0.3, -0.25) is 4.90 Å².